The van der Waals surface area contributed by atoms with E-state index in [-0.39, 0.29) is 5.54 Å². The van der Waals surface area contributed by atoms with Crippen molar-refractivity contribution in [3.63, 3.8) is 0 Å². The van der Waals surface area contributed by atoms with Gasteiger partial charge in [0.25, 0.3) is 0 Å². The second kappa shape index (κ2) is 6.89. The Bertz CT molecular complexity index is 664. The molecule has 0 amide bonds. The molecule has 0 aromatic heterocycles. The summed E-state index contributed by atoms with van der Waals surface area (Å²) in [6.07, 6.45) is 1.20. The molecule has 126 valence electrons. The second-order valence-electron chi connectivity index (χ2n) is 8.78. The summed E-state index contributed by atoms with van der Waals surface area (Å²) in [6, 6.07) is 18.3. The minimum absolute atomic E-state index is 0.183. The van der Waals surface area contributed by atoms with Gasteiger partial charge in [-0.15, -0.1) is 0 Å². The van der Waals surface area contributed by atoms with Gasteiger partial charge in [0.15, 0.2) is 0 Å². The molecule has 1 heterocycles. The Morgan fingerprint density at radius 2 is 1.25 bits per heavy atom. The summed E-state index contributed by atoms with van der Waals surface area (Å²) in [6.45, 7) is 14.1. The van der Waals surface area contributed by atoms with Gasteiger partial charge < -0.3 is 0 Å². The summed E-state index contributed by atoms with van der Waals surface area (Å²) in [4.78, 5) is 2.70. The van der Waals surface area contributed by atoms with E-state index in [1.165, 1.54) is 6.42 Å². The van der Waals surface area contributed by atoms with Crippen molar-refractivity contribution in [3.05, 3.63) is 59.7 Å². The molecule has 0 N–H and O–H groups in total. The number of fused-ring (bicyclic) bond motifs is 2. The summed E-state index contributed by atoms with van der Waals surface area (Å²) in [5, 5.41) is 0. The summed E-state index contributed by atoms with van der Waals surface area (Å²) in [5.41, 5.74) is 3.64. The number of rotatable bonds is 2. The van der Waals surface area contributed by atoms with Gasteiger partial charge in [0.1, 0.15) is 0 Å². The summed E-state index contributed by atoms with van der Waals surface area (Å²) >= 11 is -0.809. The van der Waals surface area contributed by atoms with Crippen LogP contribution < -0.4 is 6.54 Å². The average molecular weight is 516 g/mol. The normalized spacial score (nSPS) is 16.0. The zero-order valence-corrected chi connectivity index (χ0v) is 19.1. The molecular weight excluding hydrogens is 487 g/mol. The molecule has 0 fully saturated rings. The summed E-state index contributed by atoms with van der Waals surface area (Å²) in [5.74, 6) is 0. The van der Waals surface area contributed by atoms with E-state index in [4.69, 9.17) is 0 Å². The van der Waals surface area contributed by atoms with Crippen LogP contribution in [0.15, 0.2) is 48.5 Å². The van der Waals surface area contributed by atoms with Gasteiger partial charge in [0, 0.05) is 0 Å². The van der Waals surface area contributed by atoms with Gasteiger partial charge in [-0.25, -0.2) is 0 Å². The molecule has 0 saturated heterocycles. The Kier molecular flexibility index (Phi) is 5.19. The zero-order valence-electron chi connectivity index (χ0n) is 15.6. The van der Waals surface area contributed by atoms with Gasteiger partial charge in [-0.2, -0.15) is 0 Å². The van der Waals surface area contributed by atoms with Crippen LogP contribution in [0.25, 0.3) is 0 Å². The van der Waals surface area contributed by atoms with Crippen molar-refractivity contribution >= 4 is 29.8 Å². The molecule has 2 radical (unpaired) electrons. The van der Waals surface area contributed by atoms with Crippen molar-refractivity contribution in [2.45, 2.75) is 59.7 Å². The van der Waals surface area contributed by atoms with Crippen molar-refractivity contribution in [2.75, 3.05) is 0 Å². The third-order valence-electron chi connectivity index (χ3n) is 4.77. The first kappa shape index (κ1) is 18.1. The van der Waals surface area contributed by atoms with Crippen molar-refractivity contribution < 1.29 is 0 Å². The Hall–Kier alpha value is -0.717. The van der Waals surface area contributed by atoms with Crippen LogP contribution in [-0.4, -0.2) is 33.7 Å². The van der Waals surface area contributed by atoms with E-state index in [1.807, 2.05) is 0 Å². The van der Waals surface area contributed by atoms with E-state index in [1.54, 1.807) is 17.7 Å². The number of hydrogen-bond acceptors (Lipinski definition) is 1. The van der Waals surface area contributed by atoms with E-state index in [9.17, 15) is 0 Å². The Morgan fingerprint density at radius 3 is 1.71 bits per heavy atom. The molecule has 2 aromatic rings. The monoisotopic (exact) mass is 516 g/mol. The Morgan fingerprint density at radius 1 is 0.792 bits per heavy atom. The van der Waals surface area contributed by atoms with Crippen LogP contribution in [0.1, 0.15) is 52.2 Å². The molecule has 2 aromatic carbocycles. The SMILES string of the molecule is CC(C)(C)CC(C)(C)N1Cc2cccc[c]2[Bi+][c]2ccccc2C1. The fourth-order valence-electron chi connectivity index (χ4n) is 3.94. The van der Waals surface area contributed by atoms with Gasteiger partial charge >= 0.3 is 159 Å². The molecule has 3 rings (SSSR count). The first-order valence-corrected chi connectivity index (χ1v) is 12.3. The van der Waals surface area contributed by atoms with Crippen LogP contribution >= 0.6 is 0 Å². The Balaban J connectivity index is 2.02. The van der Waals surface area contributed by atoms with Crippen molar-refractivity contribution in [3.8, 4) is 0 Å². The van der Waals surface area contributed by atoms with Gasteiger partial charge in [-0.3, -0.25) is 0 Å². The Labute approximate surface area is 159 Å². The molecule has 0 aliphatic carbocycles. The van der Waals surface area contributed by atoms with E-state index < -0.39 is 23.2 Å². The van der Waals surface area contributed by atoms with Crippen molar-refractivity contribution in [2.24, 2.45) is 5.41 Å². The van der Waals surface area contributed by atoms with Gasteiger partial charge in [0.2, 0.25) is 0 Å². The second-order valence-corrected chi connectivity index (χ2v) is 13.4. The predicted octanol–water partition coefficient (Wildman–Crippen LogP) is 3.87. The molecule has 24 heavy (non-hydrogen) atoms. The summed E-state index contributed by atoms with van der Waals surface area (Å²) in [7, 11) is 0. The molecule has 0 bridgehead atoms. The van der Waals surface area contributed by atoms with E-state index in [0.29, 0.717) is 5.41 Å². The first-order valence-electron chi connectivity index (χ1n) is 8.87. The zero-order chi connectivity index (χ0) is 17.4. The number of nitrogens with zero attached hydrogens (tertiary/aromatic N) is 1. The predicted molar refractivity (Wildman–Crippen MR) is 105 cm³/mol. The maximum absolute atomic E-state index is 2.70. The topological polar surface area (TPSA) is 3.24 Å². The van der Waals surface area contributed by atoms with Gasteiger partial charge in [-0.05, 0) is 0 Å². The van der Waals surface area contributed by atoms with Crippen LogP contribution in [0.5, 0.6) is 0 Å². The van der Waals surface area contributed by atoms with Gasteiger partial charge in [0.05, 0.1) is 0 Å². The quantitative estimate of drug-likeness (QED) is 0.548. The van der Waals surface area contributed by atoms with E-state index >= 15 is 0 Å². The molecule has 1 nitrogen and oxygen atoms in total. The third kappa shape index (κ3) is 4.27. The third-order valence-corrected chi connectivity index (χ3v) is 10.0. The molecule has 0 saturated carbocycles. The molecule has 0 atom stereocenters. The fourth-order valence-corrected chi connectivity index (χ4v) is 8.45. The molecule has 1 aliphatic heterocycles. The summed E-state index contributed by atoms with van der Waals surface area (Å²) < 4.78 is 3.31. The van der Waals surface area contributed by atoms with Crippen LogP contribution in [0.2, 0.25) is 0 Å². The molecular formula is C22H29BiN+. The average Bonchev–Trinajstić information content (AvgIpc) is 2.44. The van der Waals surface area contributed by atoms with E-state index in [0.717, 1.165) is 13.1 Å². The molecule has 0 spiro atoms. The minimum atomic E-state index is -0.809. The van der Waals surface area contributed by atoms with Gasteiger partial charge in [-0.1, -0.05) is 0 Å². The van der Waals surface area contributed by atoms with Crippen LogP contribution in [-0.2, 0) is 13.1 Å². The number of benzene rings is 2. The number of hydrogen-bond donors (Lipinski definition) is 0. The van der Waals surface area contributed by atoms with Crippen LogP contribution in [0.3, 0.4) is 0 Å². The molecule has 0 unspecified atom stereocenters. The standard InChI is InChI=1S/C22H29N.Bi/c1-21(2,3)18-22(4,5)23(16-19-12-8-6-9-13-19)17-20-14-10-7-11-15-20;/h6-12,14H,16-18H2,1-5H3;/q;+1. The first-order chi connectivity index (χ1) is 11.2. The van der Waals surface area contributed by atoms with Crippen molar-refractivity contribution in [1.29, 1.82) is 0 Å². The van der Waals surface area contributed by atoms with Crippen LogP contribution in [0.4, 0.5) is 0 Å². The van der Waals surface area contributed by atoms with Crippen molar-refractivity contribution in [1.82, 2.24) is 4.90 Å². The fraction of sp³-hybridized carbons (Fsp3) is 0.455. The maximum atomic E-state index is 2.70. The van der Waals surface area contributed by atoms with E-state index in [2.05, 4.69) is 88.0 Å². The van der Waals surface area contributed by atoms with Crippen LogP contribution in [0, 0.1) is 5.41 Å². The molecule has 1 aliphatic rings. The molecule has 2 heteroatoms.